The number of benzene rings is 1. The second-order valence-corrected chi connectivity index (χ2v) is 3.41. The Hall–Kier alpha value is -2.01. The van der Waals surface area contributed by atoms with Crippen LogP contribution >= 0.6 is 0 Å². The molecular weight excluding hydrogens is 208 g/mol. The van der Waals surface area contributed by atoms with Crippen LogP contribution in [0.4, 0.5) is 5.69 Å². The fourth-order valence-corrected chi connectivity index (χ4v) is 1.59. The maximum Gasteiger partial charge on any atom is 0.325 e. The number of nitrogens with zero attached hydrogens (tertiary/aromatic N) is 1. The van der Waals surface area contributed by atoms with Crippen molar-refractivity contribution in [3.63, 3.8) is 0 Å². The molecule has 2 aromatic rings. The zero-order valence-electron chi connectivity index (χ0n) is 8.80. The molecule has 0 saturated heterocycles. The summed E-state index contributed by atoms with van der Waals surface area (Å²) in [5.74, 6) is -0.306. The lowest BCUT2D eigenvalue weighted by molar-refractivity contribution is -0.141. The molecule has 84 valence electrons. The van der Waals surface area contributed by atoms with Crippen LogP contribution in [-0.4, -0.2) is 22.9 Å². The van der Waals surface area contributed by atoms with Crippen LogP contribution in [0.15, 0.2) is 30.5 Å². The monoisotopic (exact) mass is 220 g/mol. The van der Waals surface area contributed by atoms with Crippen molar-refractivity contribution in [3.05, 3.63) is 30.5 Å². The lowest BCUT2D eigenvalue weighted by Gasteiger charge is -2.05. The molecule has 2 N–H and O–H groups in total. The Bertz CT molecular complexity index is 519. The minimum absolute atomic E-state index is 0.162. The Morgan fingerprint density at radius 1 is 1.50 bits per heavy atom. The largest absolute Gasteiger partial charge is 0.468 e. The molecule has 0 fully saturated rings. The predicted octanol–water partition coefficient (Wildman–Crippen LogP) is 1.62. The Labute approximate surface area is 92.2 Å². The van der Waals surface area contributed by atoms with Gasteiger partial charge in [0.25, 0.3) is 0 Å². The maximum absolute atomic E-state index is 11.2. The van der Waals surface area contributed by atoms with E-state index in [1.807, 2.05) is 18.3 Å². The number of hydrogen-bond donors (Lipinski definition) is 2. The van der Waals surface area contributed by atoms with Crippen LogP contribution < -0.4 is 5.48 Å². The number of carbonyl (C=O) groups is 1. The van der Waals surface area contributed by atoms with Crippen LogP contribution in [0.25, 0.3) is 10.9 Å². The Balaban J connectivity index is 2.41. The van der Waals surface area contributed by atoms with Crippen molar-refractivity contribution >= 4 is 22.6 Å². The summed E-state index contributed by atoms with van der Waals surface area (Å²) in [6, 6.07) is 7.28. The van der Waals surface area contributed by atoms with Crippen LogP contribution in [0.5, 0.6) is 0 Å². The predicted molar refractivity (Wildman–Crippen MR) is 59.4 cm³/mol. The topological polar surface area (TPSA) is 63.5 Å². The highest BCUT2D eigenvalue weighted by Gasteiger charge is 2.06. The molecule has 2 rings (SSSR count). The molecule has 1 heterocycles. The van der Waals surface area contributed by atoms with Crippen LogP contribution in [0.1, 0.15) is 0 Å². The summed E-state index contributed by atoms with van der Waals surface area (Å²) in [6.45, 7) is 0.162. The van der Waals surface area contributed by atoms with Gasteiger partial charge < -0.3 is 9.30 Å². The van der Waals surface area contributed by atoms with Crippen molar-refractivity contribution in [2.75, 3.05) is 12.6 Å². The fraction of sp³-hybridized carbons (Fsp3) is 0.182. The van der Waals surface area contributed by atoms with E-state index in [4.69, 9.17) is 5.21 Å². The third-order valence-electron chi connectivity index (χ3n) is 2.43. The molecule has 0 saturated carbocycles. The minimum atomic E-state index is -0.306. The molecule has 0 aliphatic rings. The van der Waals surface area contributed by atoms with Crippen LogP contribution in [0.3, 0.4) is 0 Å². The average Bonchev–Trinajstić information content (AvgIpc) is 2.71. The van der Waals surface area contributed by atoms with Gasteiger partial charge in [0, 0.05) is 6.20 Å². The first kappa shape index (κ1) is 10.5. The van der Waals surface area contributed by atoms with Gasteiger partial charge in [-0.3, -0.25) is 15.5 Å². The van der Waals surface area contributed by atoms with E-state index in [2.05, 4.69) is 10.2 Å². The fourth-order valence-electron chi connectivity index (χ4n) is 1.59. The molecule has 5 heteroatoms. The number of esters is 1. The Kier molecular flexibility index (Phi) is 2.78. The van der Waals surface area contributed by atoms with E-state index in [0.29, 0.717) is 5.69 Å². The van der Waals surface area contributed by atoms with E-state index >= 15 is 0 Å². The summed E-state index contributed by atoms with van der Waals surface area (Å²) in [5.41, 5.74) is 3.52. The third kappa shape index (κ3) is 1.85. The number of anilines is 1. The first-order chi connectivity index (χ1) is 7.74. The van der Waals surface area contributed by atoms with E-state index in [0.717, 1.165) is 10.9 Å². The van der Waals surface area contributed by atoms with Gasteiger partial charge in [0.2, 0.25) is 0 Å². The molecule has 0 radical (unpaired) electrons. The smallest absolute Gasteiger partial charge is 0.325 e. The number of hydrogen-bond acceptors (Lipinski definition) is 4. The lowest BCUT2D eigenvalue weighted by atomic mass is 10.2. The van der Waals surface area contributed by atoms with Crippen molar-refractivity contribution < 1.29 is 14.7 Å². The Morgan fingerprint density at radius 2 is 2.31 bits per heavy atom. The van der Waals surface area contributed by atoms with Gasteiger partial charge in [-0.25, -0.2) is 0 Å². The SMILES string of the molecule is COC(=O)Cn1ccc2ccc(NO)cc21. The highest BCUT2D eigenvalue weighted by Crippen LogP contribution is 2.20. The van der Waals surface area contributed by atoms with E-state index in [9.17, 15) is 4.79 Å². The lowest BCUT2D eigenvalue weighted by Crippen LogP contribution is -2.10. The molecule has 5 nitrogen and oxygen atoms in total. The summed E-state index contributed by atoms with van der Waals surface area (Å²) < 4.78 is 6.37. The first-order valence-electron chi connectivity index (χ1n) is 4.80. The number of aromatic nitrogens is 1. The summed E-state index contributed by atoms with van der Waals surface area (Å²) in [5, 5.41) is 9.81. The maximum atomic E-state index is 11.2. The normalized spacial score (nSPS) is 10.4. The van der Waals surface area contributed by atoms with Crippen LogP contribution in [-0.2, 0) is 16.1 Å². The van der Waals surface area contributed by atoms with Crippen molar-refractivity contribution in [1.29, 1.82) is 0 Å². The highest BCUT2D eigenvalue weighted by atomic mass is 16.5. The molecule has 0 atom stereocenters. The molecule has 0 bridgehead atoms. The van der Waals surface area contributed by atoms with E-state index in [1.54, 1.807) is 16.7 Å². The molecule has 0 unspecified atom stereocenters. The minimum Gasteiger partial charge on any atom is -0.468 e. The number of ether oxygens (including phenoxy) is 1. The van der Waals surface area contributed by atoms with Crippen LogP contribution in [0, 0.1) is 0 Å². The highest BCUT2D eigenvalue weighted by molar-refractivity contribution is 5.84. The van der Waals surface area contributed by atoms with Crippen LogP contribution in [0.2, 0.25) is 0 Å². The molecule has 0 aliphatic carbocycles. The number of methoxy groups -OCH3 is 1. The van der Waals surface area contributed by atoms with E-state index < -0.39 is 0 Å². The van der Waals surface area contributed by atoms with Crippen molar-refractivity contribution in [2.24, 2.45) is 0 Å². The van der Waals surface area contributed by atoms with Gasteiger partial charge in [0.05, 0.1) is 18.3 Å². The van der Waals surface area contributed by atoms with Gasteiger partial charge in [-0.15, -0.1) is 0 Å². The van der Waals surface area contributed by atoms with Crippen molar-refractivity contribution in [1.82, 2.24) is 4.57 Å². The van der Waals surface area contributed by atoms with E-state index in [-0.39, 0.29) is 12.5 Å². The second kappa shape index (κ2) is 4.24. The number of nitrogens with one attached hydrogen (secondary N) is 1. The molecular formula is C11H12N2O3. The first-order valence-corrected chi connectivity index (χ1v) is 4.80. The number of rotatable bonds is 3. The van der Waals surface area contributed by atoms with Gasteiger partial charge in [0.1, 0.15) is 6.54 Å². The number of fused-ring (bicyclic) bond motifs is 1. The third-order valence-corrected chi connectivity index (χ3v) is 2.43. The van der Waals surface area contributed by atoms with Gasteiger partial charge in [-0.05, 0) is 23.6 Å². The zero-order valence-corrected chi connectivity index (χ0v) is 8.80. The Morgan fingerprint density at radius 3 is 3.00 bits per heavy atom. The summed E-state index contributed by atoms with van der Waals surface area (Å²) >= 11 is 0. The summed E-state index contributed by atoms with van der Waals surface area (Å²) in [7, 11) is 1.36. The standard InChI is InChI=1S/C11H12N2O3/c1-16-11(14)7-13-5-4-8-2-3-9(12-15)6-10(8)13/h2-6,12,15H,7H2,1H3. The van der Waals surface area contributed by atoms with Gasteiger partial charge in [-0.2, -0.15) is 0 Å². The molecule has 0 amide bonds. The molecule has 1 aromatic heterocycles. The van der Waals surface area contributed by atoms with Gasteiger partial charge in [0.15, 0.2) is 0 Å². The zero-order chi connectivity index (χ0) is 11.5. The molecule has 16 heavy (non-hydrogen) atoms. The van der Waals surface area contributed by atoms with E-state index in [1.165, 1.54) is 7.11 Å². The average molecular weight is 220 g/mol. The van der Waals surface area contributed by atoms with Crippen molar-refractivity contribution in [3.8, 4) is 0 Å². The summed E-state index contributed by atoms with van der Waals surface area (Å²) in [4.78, 5) is 11.2. The molecule has 0 aliphatic heterocycles. The number of carbonyl (C=O) groups excluding carboxylic acids is 1. The summed E-state index contributed by atoms with van der Waals surface area (Å²) in [6.07, 6.45) is 1.81. The molecule has 1 aromatic carbocycles. The van der Waals surface area contributed by atoms with Crippen molar-refractivity contribution in [2.45, 2.75) is 6.54 Å². The molecule has 0 spiro atoms. The van der Waals surface area contributed by atoms with Gasteiger partial charge in [-0.1, -0.05) is 6.07 Å². The second-order valence-electron chi connectivity index (χ2n) is 3.41. The van der Waals surface area contributed by atoms with Gasteiger partial charge >= 0.3 is 5.97 Å². The quantitative estimate of drug-likeness (QED) is 0.609.